The van der Waals surface area contributed by atoms with E-state index in [0.29, 0.717) is 21.8 Å². The monoisotopic (exact) mass is 349 g/mol. The van der Waals surface area contributed by atoms with E-state index < -0.39 is 0 Å². The number of benzene rings is 2. The van der Waals surface area contributed by atoms with Gasteiger partial charge in [0.2, 0.25) is 0 Å². The van der Waals surface area contributed by atoms with Crippen molar-refractivity contribution >= 4 is 27.7 Å². The second kappa shape index (κ2) is 5.99. The summed E-state index contributed by atoms with van der Waals surface area (Å²) in [6.45, 7) is 0.265. The van der Waals surface area contributed by atoms with Gasteiger partial charge in [0.05, 0.1) is 16.4 Å². The minimum atomic E-state index is -0.376. The number of hydrogen-bond acceptors (Lipinski definition) is 4. The van der Waals surface area contributed by atoms with Gasteiger partial charge in [-0.3, -0.25) is 9.59 Å². The fourth-order valence-electron chi connectivity index (χ4n) is 2.92. The first-order valence-corrected chi connectivity index (χ1v) is 7.98. The van der Waals surface area contributed by atoms with Crippen molar-refractivity contribution in [1.29, 1.82) is 0 Å². The van der Waals surface area contributed by atoms with Crippen LogP contribution in [0.2, 0.25) is 0 Å². The molecule has 2 heterocycles. The highest BCUT2D eigenvalue weighted by Gasteiger charge is 2.15. The van der Waals surface area contributed by atoms with E-state index in [1.807, 2.05) is 6.07 Å². The SMILES string of the molecule is Cn1nc(C(=O)NCc2ccc3[nH]c(=O)[nH]c3c2)c2ccccc2c1=O. The lowest BCUT2D eigenvalue weighted by Crippen LogP contribution is -2.29. The number of carbonyl (C=O) groups is 1. The number of imidazole rings is 1. The third-order valence-corrected chi connectivity index (χ3v) is 4.21. The molecule has 0 atom stereocenters. The van der Waals surface area contributed by atoms with Gasteiger partial charge in [0.15, 0.2) is 5.69 Å². The van der Waals surface area contributed by atoms with Gasteiger partial charge in [0.25, 0.3) is 11.5 Å². The minimum Gasteiger partial charge on any atom is -0.347 e. The summed E-state index contributed by atoms with van der Waals surface area (Å²) in [7, 11) is 1.52. The standard InChI is InChI=1S/C18H15N5O3/c1-23-17(25)12-5-3-2-4-11(12)15(22-23)16(24)19-9-10-6-7-13-14(8-10)21-18(26)20-13/h2-8H,9H2,1H3,(H,19,24)(H2,20,21,26). The van der Waals surface area contributed by atoms with Crippen LogP contribution in [0.3, 0.4) is 0 Å². The van der Waals surface area contributed by atoms with Crippen molar-refractivity contribution < 1.29 is 4.79 Å². The lowest BCUT2D eigenvalue weighted by molar-refractivity contribution is 0.0945. The molecule has 0 aliphatic rings. The molecule has 2 aromatic heterocycles. The number of aromatic nitrogens is 4. The lowest BCUT2D eigenvalue weighted by Gasteiger charge is -2.09. The fraction of sp³-hybridized carbons (Fsp3) is 0.111. The molecule has 0 bridgehead atoms. The van der Waals surface area contributed by atoms with Gasteiger partial charge in [-0.25, -0.2) is 9.48 Å². The van der Waals surface area contributed by atoms with Crippen molar-refractivity contribution in [2.45, 2.75) is 6.54 Å². The predicted molar refractivity (Wildman–Crippen MR) is 97.1 cm³/mol. The maximum atomic E-state index is 12.6. The number of aromatic amines is 2. The summed E-state index contributed by atoms with van der Waals surface area (Å²) in [5.74, 6) is -0.376. The lowest BCUT2D eigenvalue weighted by atomic mass is 10.1. The molecule has 0 saturated carbocycles. The summed E-state index contributed by atoms with van der Waals surface area (Å²) in [5.41, 5.74) is 1.87. The smallest absolute Gasteiger partial charge is 0.323 e. The number of carbonyl (C=O) groups excluding carboxylic acids is 1. The van der Waals surface area contributed by atoms with E-state index in [2.05, 4.69) is 20.4 Å². The first kappa shape index (κ1) is 15.8. The Labute approximate surface area is 146 Å². The summed E-state index contributed by atoms with van der Waals surface area (Å²) >= 11 is 0. The van der Waals surface area contributed by atoms with E-state index in [0.717, 1.165) is 10.2 Å². The highest BCUT2D eigenvalue weighted by Crippen LogP contribution is 2.14. The molecule has 0 aliphatic carbocycles. The molecule has 8 heteroatoms. The van der Waals surface area contributed by atoms with Crippen LogP contribution in [0.4, 0.5) is 0 Å². The topological polar surface area (TPSA) is 113 Å². The molecule has 1 amide bonds. The Kier molecular flexibility index (Phi) is 3.65. The van der Waals surface area contributed by atoms with Crippen LogP contribution in [0.5, 0.6) is 0 Å². The minimum absolute atomic E-state index is 0.193. The summed E-state index contributed by atoms with van der Waals surface area (Å²) in [6, 6.07) is 12.3. The molecule has 4 aromatic rings. The first-order valence-electron chi connectivity index (χ1n) is 7.98. The number of amides is 1. The van der Waals surface area contributed by atoms with Gasteiger partial charge in [-0.1, -0.05) is 24.3 Å². The summed E-state index contributed by atoms with van der Waals surface area (Å²) < 4.78 is 1.16. The molecule has 8 nitrogen and oxygen atoms in total. The normalized spacial score (nSPS) is 11.1. The molecule has 0 spiro atoms. The molecule has 0 fully saturated rings. The third-order valence-electron chi connectivity index (χ3n) is 4.21. The van der Waals surface area contributed by atoms with Crippen molar-refractivity contribution in [1.82, 2.24) is 25.1 Å². The maximum Gasteiger partial charge on any atom is 0.323 e. The van der Waals surface area contributed by atoms with Crippen LogP contribution in [0, 0.1) is 0 Å². The molecule has 3 N–H and O–H groups in total. The molecular formula is C18H15N5O3. The van der Waals surface area contributed by atoms with E-state index in [1.54, 1.807) is 36.4 Å². The van der Waals surface area contributed by atoms with Crippen molar-refractivity contribution in [3.63, 3.8) is 0 Å². The van der Waals surface area contributed by atoms with E-state index in [1.165, 1.54) is 7.05 Å². The van der Waals surface area contributed by atoms with Crippen LogP contribution in [0.25, 0.3) is 21.8 Å². The van der Waals surface area contributed by atoms with Gasteiger partial charge in [-0.05, 0) is 23.8 Å². The van der Waals surface area contributed by atoms with Crippen LogP contribution in [0.1, 0.15) is 16.1 Å². The molecule has 0 saturated heterocycles. The Bertz CT molecular complexity index is 1270. The Morgan fingerprint density at radius 1 is 1.08 bits per heavy atom. The van der Waals surface area contributed by atoms with E-state index in [9.17, 15) is 14.4 Å². The van der Waals surface area contributed by atoms with Gasteiger partial charge < -0.3 is 15.3 Å². The first-order chi connectivity index (χ1) is 12.5. The van der Waals surface area contributed by atoms with E-state index >= 15 is 0 Å². The largest absolute Gasteiger partial charge is 0.347 e. The van der Waals surface area contributed by atoms with Crippen LogP contribution >= 0.6 is 0 Å². The Morgan fingerprint density at radius 3 is 2.62 bits per heavy atom. The van der Waals surface area contributed by atoms with Crippen molar-refractivity contribution in [2.24, 2.45) is 7.05 Å². The zero-order valence-corrected chi connectivity index (χ0v) is 13.9. The summed E-state index contributed by atoms with van der Waals surface area (Å²) in [6.07, 6.45) is 0. The Hall–Kier alpha value is -3.68. The molecule has 0 aliphatic heterocycles. The molecule has 0 radical (unpaired) electrons. The quantitative estimate of drug-likeness (QED) is 0.513. The molecule has 0 unspecified atom stereocenters. The maximum absolute atomic E-state index is 12.6. The van der Waals surface area contributed by atoms with Gasteiger partial charge in [-0.2, -0.15) is 5.10 Å². The third kappa shape index (κ3) is 2.67. The van der Waals surface area contributed by atoms with Crippen LogP contribution < -0.4 is 16.6 Å². The number of rotatable bonds is 3. The number of nitrogens with one attached hydrogen (secondary N) is 3. The Balaban J connectivity index is 1.64. The zero-order valence-electron chi connectivity index (χ0n) is 13.9. The number of H-pyrrole nitrogens is 2. The predicted octanol–water partition coefficient (Wildman–Crippen LogP) is 1.03. The molecule has 4 rings (SSSR count). The van der Waals surface area contributed by atoms with Gasteiger partial charge in [-0.15, -0.1) is 0 Å². The van der Waals surface area contributed by atoms with Gasteiger partial charge in [0.1, 0.15) is 0 Å². The number of hydrogen-bond donors (Lipinski definition) is 3. The highest BCUT2D eigenvalue weighted by atomic mass is 16.2. The number of nitrogens with zero attached hydrogens (tertiary/aromatic N) is 2. The molecule has 130 valence electrons. The summed E-state index contributed by atoms with van der Waals surface area (Å²) in [5, 5.41) is 7.87. The van der Waals surface area contributed by atoms with Crippen LogP contribution in [-0.2, 0) is 13.6 Å². The average molecular weight is 349 g/mol. The fourth-order valence-corrected chi connectivity index (χ4v) is 2.92. The molecule has 26 heavy (non-hydrogen) atoms. The summed E-state index contributed by atoms with van der Waals surface area (Å²) in [4.78, 5) is 41.4. The van der Waals surface area contributed by atoms with E-state index in [-0.39, 0.29) is 29.4 Å². The Morgan fingerprint density at radius 2 is 1.81 bits per heavy atom. The zero-order chi connectivity index (χ0) is 18.3. The van der Waals surface area contributed by atoms with Crippen LogP contribution in [0.15, 0.2) is 52.1 Å². The van der Waals surface area contributed by atoms with Crippen molar-refractivity contribution in [3.05, 3.63) is 74.6 Å². The van der Waals surface area contributed by atoms with E-state index in [4.69, 9.17) is 0 Å². The second-order valence-electron chi connectivity index (χ2n) is 5.96. The van der Waals surface area contributed by atoms with Crippen LogP contribution in [-0.4, -0.2) is 25.7 Å². The highest BCUT2D eigenvalue weighted by molar-refractivity contribution is 6.04. The van der Waals surface area contributed by atoms with Gasteiger partial charge >= 0.3 is 5.69 Å². The molecular weight excluding hydrogens is 334 g/mol. The van der Waals surface area contributed by atoms with Crippen molar-refractivity contribution in [2.75, 3.05) is 0 Å². The molecule has 2 aromatic carbocycles. The van der Waals surface area contributed by atoms with Gasteiger partial charge in [0, 0.05) is 19.0 Å². The van der Waals surface area contributed by atoms with Crippen molar-refractivity contribution in [3.8, 4) is 0 Å². The number of fused-ring (bicyclic) bond motifs is 2. The second-order valence-corrected chi connectivity index (χ2v) is 5.96. The average Bonchev–Trinajstić information content (AvgIpc) is 3.02. The number of aryl methyl sites for hydroxylation is 1.